The van der Waals surface area contributed by atoms with Gasteiger partial charge in [0.1, 0.15) is 4.90 Å². The number of ether oxygens (including phenoxy) is 2. The minimum atomic E-state index is -4.26. The number of rotatable bonds is 6. The molecule has 12 heteroatoms. The maximum Gasteiger partial charge on any atom is 0.335 e. The van der Waals surface area contributed by atoms with Gasteiger partial charge in [-0.1, -0.05) is 19.1 Å². The maximum atomic E-state index is 13.1. The van der Waals surface area contributed by atoms with Crippen molar-refractivity contribution in [2.45, 2.75) is 34.8 Å². The molecule has 1 aromatic carbocycles. The number of thioether (sulfide) groups is 1. The Bertz CT molecular complexity index is 1110. The molecule has 0 bridgehead atoms. The number of methoxy groups -OCH3 is 2. The van der Waals surface area contributed by atoms with Crippen molar-refractivity contribution in [2.75, 3.05) is 19.5 Å². The van der Waals surface area contributed by atoms with Crippen LogP contribution in [0, 0.1) is 11.3 Å². The number of anilines is 1. The third-order valence-electron chi connectivity index (χ3n) is 4.19. The van der Waals surface area contributed by atoms with Crippen molar-refractivity contribution in [3.8, 4) is 17.8 Å². The lowest BCUT2D eigenvalue weighted by atomic mass is 10.1. The predicted molar refractivity (Wildman–Crippen MR) is 109 cm³/mol. The van der Waals surface area contributed by atoms with Crippen LogP contribution in [0.25, 0.3) is 0 Å². The molecular weight excluding hydrogens is 430 g/mol. The van der Waals surface area contributed by atoms with Gasteiger partial charge in [-0.15, -0.1) is 11.8 Å². The van der Waals surface area contributed by atoms with Gasteiger partial charge >= 0.3 is 6.03 Å². The molecule has 0 saturated heterocycles. The van der Waals surface area contributed by atoms with Crippen LogP contribution in [-0.4, -0.2) is 43.9 Å². The van der Waals surface area contributed by atoms with Gasteiger partial charge < -0.3 is 9.47 Å². The maximum absolute atomic E-state index is 13.1. The molecule has 2 amide bonds. The van der Waals surface area contributed by atoms with Crippen molar-refractivity contribution in [1.82, 2.24) is 14.7 Å². The standard InChI is InChI=1S/C18H19N5O5S2/c1-10-8-12-5-4-11(6-7-19)16(15(12)29-10)30(25,26)23-18(24)22-17-20-13(27-2)9-14(21-17)28-3/h4-5,9-10H,6,8H2,1-3H3,(H2,20,21,22,23,24). The zero-order valence-corrected chi connectivity index (χ0v) is 18.1. The van der Waals surface area contributed by atoms with Crippen molar-refractivity contribution in [2.24, 2.45) is 0 Å². The fourth-order valence-corrected chi connectivity index (χ4v) is 5.91. The largest absolute Gasteiger partial charge is 0.481 e. The van der Waals surface area contributed by atoms with Gasteiger partial charge in [-0.3, -0.25) is 5.32 Å². The van der Waals surface area contributed by atoms with E-state index in [1.165, 1.54) is 32.0 Å². The molecule has 1 atom stereocenters. The average molecular weight is 450 g/mol. The summed E-state index contributed by atoms with van der Waals surface area (Å²) in [7, 11) is -1.51. The normalized spacial score (nSPS) is 15.1. The highest BCUT2D eigenvalue weighted by Gasteiger charge is 2.31. The first kappa shape index (κ1) is 21.7. The van der Waals surface area contributed by atoms with E-state index in [2.05, 4.69) is 15.3 Å². The van der Waals surface area contributed by atoms with E-state index in [0.29, 0.717) is 16.9 Å². The molecule has 0 radical (unpaired) electrons. The van der Waals surface area contributed by atoms with E-state index < -0.39 is 16.1 Å². The summed E-state index contributed by atoms with van der Waals surface area (Å²) in [6.45, 7) is 1.98. The van der Waals surface area contributed by atoms with Crippen LogP contribution in [-0.2, 0) is 22.9 Å². The summed E-state index contributed by atoms with van der Waals surface area (Å²) in [6.07, 6.45) is 0.606. The van der Waals surface area contributed by atoms with E-state index in [1.807, 2.05) is 23.8 Å². The van der Waals surface area contributed by atoms with Crippen LogP contribution in [0.15, 0.2) is 28.0 Å². The van der Waals surface area contributed by atoms with Crippen molar-refractivity contribution < 1.29 is 22.7 Å². The molecule has 2 N–H and O–H groups in total. The van der Waals surface area contributed by atoms with Crippen LogP contribution < -0.4 is 19.5 Å². The lowest BCUT2D eigenvalue weighted by molar-refractivity contribution is 0.256. The van der Waals surface area contributed by atoms with E-state index in [4.69, 9.17) is 14.7 Å². The Hall–Kier alpha value is -3.04. The molecule has 0 aliphatic carbocycles. The summed E-state index contributed by atoms with van der Waals surface area (Å²) >= 11 is 1.41. The first-order valence-electron chi connectivity index (χ1n) is 8.76. The number of nitriles is 1. The van der Waals surface area contributed by atoms with Gasteiger partial charge in [-0.2, -0.15) is 15.2 Å². The number of nitrogens with zero attached hydrogens (tertiary/aromatic N) is 3. The number of sulfonamides is 1. The Kier molecular flexibility index (Phi) is 6.33. The Balaban J connectivity index is 1.90. The second kappa shape index (κ2) is 8.76. The van der Waals surface area contributed by atoms with Gasteiger partial charge in [0, 0.05) is 10.1 Å². The minimum Gasteiger partial charge on any atom is -0.481 e. The van der Waals surface area contributed by atoms with Crippen molar-refractivity contribution in [3.63, 3.8) is 0 Å². The number of aromatic nitrogens is 2. The number of urea groups is 1. The molecule has 2 aromatic rings. The number of amides is 2. The Morgan fingerprint density at radius 1 is 1.30 bits per heavy atom. The van der Waals surface area contributed by atoms with Crippen LogP contribution >= 0.6 is 11.8 Å². The Morgan fingerprint density at radius 2 is 1.97 bits per heavy atom. The van der Waals surface area contributed by atoms with Gasteiger partial charge in [0.2, 0.25) is 17.7 Å². The van der Waals surface area contributed by atoms with Crippen LogP contribution in [0.2, 0.25) is 0 Å². The molecule has 1 unspecified atom stereocenters. The smallest absolute Gasteiger partial charge is 0.335 e. The van der Waals surface area contributed by atoms with Crippen molar-refractivity contribution in [3.05, 3.63) is 29.3 Å². The van der Waals surface area contributed by atoms with Gasteiger partial charge in [0.05, 0.1) is 32.8 Å². The molecule has 1 aliphatic heterocycles. The Labute approximate surface area is 178 Å². The molecule has 2 heterocycles. The predicted octanol–water partition coefficient (Wildman–Crippen LogP) is 2.11. The molecular formula is C18H19N5O5S2. The molecule has 0 saturated carbocycles. The number of carbonyl (C=O) groups is 1. The molecule has 30 heavy (non-hydrogen) atoms. The van der Waals surface area contributed by atoms with E-state index >= 15 is 0 Å². The van der Waals surface area contributed by atoms with Gasteiger partial charge in [0.15, 0.2) is 0 Å². The summed E-state index contributed by atoms with van der Waals surface area (Å²) < 4.78 is 38.1. The molecule has 158 valence electrons. The lowest BCUT2D eigenvalue weighted by Gasteiger charge is -2.14. The highest BCUT2D eigenvalue weighted by atomic mass is 32.2. The number of hydrogen-bond acceptors (Lipinski definition) is 9. The first-order valence-corrected chi connectivity index (χ1v) is 11.1. The second-order valence-corrected chi connectivity index (χ2v) is 9.41. The van der Waals surface area contributed by atoms with E-state index in [-0.39, 0.29) is 34.3 Å². The highest BCUT2D eigenvalue weighted by molar-refractivity contribution is 8.01. The number of carbonyl (C=O) groups excluding carboxylic acids is 1. The zero-order chi connectivity index (χ0) is 21.9. The molecule has 0 spiro atoms. The van der Waals surface area contributed by atoms with Crippen LogP contribution in [0.5, 0.6) is 11.8 Å². The quantitative estimate of drug-likeness (QED) is 0.677. The topological polar surface area (TPSA) is 143 Å². The number of hydrogen-bond donors (Lipinski definition) is 2. The molecule has 0 fully saturated rings. The zero-order valence-electron chi connectivity index (χ0n) is 16.4. The van der Waals surface area contributed by atoms with Gasteiger partial charge in [-0.25, -0.2) is 17.9 Å². The summed E-state index contributed by atoms with van der Waals surface area (Å²) in [5.74, 6) is 0.0580. The summed E-state index contributed by atoms with van der Waals surface area (Å²) in [5.41, 5.74) is 1.20. The van der Waals surface area contributed by atoms with E-state index in [1.54, 1.807) is 6.07 Å². The average Bonchev–Trinajstić information content (AvgIpc) is 3.06. The van der Waals surface area contributed by atoms with E-state index in [0.717, 1.165) is 5.56 Å². The summed E-state index contributed by atoms with van der Waals surface area (Å²) in [6, 6.07) is 5.76. The SMILES string of the molecule is COc1cc(OC)nc(NC(=O)NS(=O)(=O)c2c(CC#N)ccc3c2SC(C)C3)n1. The van der Waals surface area contributed by atoms with Crippen LogP contribution in [0.1, 0.15) is 18.1 Å². The summed E-state index contributed by atoms with van der Waals surface area (Å²) in [4.78, 5) is 20.8. The fraction of sp³-hybridized carbons (Fsp3) is 0.333. The molecule has 10 nitrogen and oxygen atoms in total. The Morgan fingerprint density at radius 3 is 2.57 bits per heavy atom. The highest BCUT2D eigenvalue weighted by Crippen LogP contribution is 2.42. The number of nitrogens with one attached hydrogen (secondary N) is 2. The third-order valence-corrected chi connectivity index (χ3v) is 7.05. The monoisotopic (exact) mass is 449 g/mol. The van der Waals surface area contributed by atoms with Crippen molar-refractivity contribution in [1.29, 1.82) is 5.26 Å². The van der Waals surface area contributed by atoms with Gasteiger partial charge in [0.25, 0.3) is 10.0 Å². The van der Waals surface area contributed by atoms with Crippen LogP contribution in [0.3, 0.4) is 0 Å². The van der Waals surface area contributed by atoms with Crippen LogP contribution in [0.4, 0.5) is 10.7 Å². The lowest BCUT2D eigenvalue weighted by Crippen LogP contribution is -2.35. The molecule has 1 aromatic heterocycles. The fourth-order valence-electron chi connectivity index (χ4n) is 2.97. The van der Waals surface area contributed by atoms with E-state index in [9.17, 15) is 13.2 Å². The number of fused-ring (bicyclic) bond motifs is 1. The number of benzene rings is 1. The minimum absolute atomic E-state index is 0.0461. The molecule has 1 aliphatic rings. The summed E-state index contributed by atoms with van der Waals surface area (Å²) in [5, 5.41) is 11.5. The molecule has 3 rings (SSSR count). The first-order chi connectivity index (χ1) is 14.3. The van der Waals surface area contributed by atoms with Gasteiger partial charge in [-0.05, 0) is 17.5 Å². The van der Waals surface area contributed by atoms with Crippen molar-refractivity contribution >= 4 is 33.8 Å². The third kappa shape index (κ3) is 4.58. The second-order valence-electron chi connectivity index (χ2n) is 6.35.